The summed E-state index contributed by atoms with van der Waals surface area (Å²) < 4.78 is 10.5. The third kappa shape index (κ3) is 4.52. The molecule has 0 radical (unpaired) electrons. The summed E-state index contributed by atoms with van der Waals surface area (Å²) in [5, 5.41) is 11.5. The van der Waals surface area contributed by atoms with Crippen molar-refractivity contribution in [2.75, 3.05) is 13.7 Å². The van der Waals surface area contributed by atoms with Crippen LogP contribution in [0.15, 0.2) is 24.3 Å². The molecule has 1 amide bonds. The molecule has 1 N–H and O–H groups in total. The van der Waals surface area contributed by atoms with Crippen LogP contribution in [0.4, 0.5) is 0 Å². The van der Waals surface area contributed by atoms with Gasteiger partial charge in [0.25, 0.3) is 0 Å². The van der Waals surface area contributed by atoms with Crippen molar-refractivity contribution < 1.29 is 14.3 Å². The minimum Gasteiger partial charge on any atom is -0.493 e. The second-order valence-corrected chi connectivity index (χ2v) is 5.18. The summed E-state index contributed by atoms with van der Waals surface area (Å²) in [6, 6.07) is 7.54. The van der Waals surface area contributed by atoms with Crippen LogP contribution in [0.5, 0.6) is 11.5 Å². The highest BCUT2D eigenvalue weighted by molar-refractivity contribution is 5.92. The lowest BCUT2D eigenvalue weighted by atomic mass is 10.2. The van der Waals surface area contributed by atoms with E-state index in [1.54, 1.807) is 18.2 Å². The van der Waals surface area contributed by atoms with Crippen molar-refractivity contribution in [3.63, 3.8) is 0 Å². The molecule has 0 spiro atoms. The van der Waals surface area contributed by atoms with Gasteiger partial charge in [0, 0.05) is 12.1 Å². The van der Waals surface area contributed by atoms with Crippen molar-refractivity contribution in [1.29, 1.82) is 5.26 Å². The van der Waals surface area contributed by atoms with Gasteiger partial charge in [0.1, 0.15) is 6.07 Å². The molecule has 0 atom stereocenters. The summed E-state index contributed by atoms with van der Waals surface area (Å²) in [6.45, 7) is -0.0324. The molecule has 0 aliphatic heterocycles. The molecule has 0 heterocycles. The Balaban J connectivity index is 1.97. The van der Waals surface area contributed by atoms with Crippen LogP contribution in [-0.4, -0.2) is 25.7 Å². The predicted octanol–water partition coefficient (Wildman–Crippen LogP) is 2.67. The molecule has 1 saturated carbocycles. The molecule has 22 heavy (non-hydrogen) atoms. The zero-order valence-corrected chi connectivity index (χ0v) is 12.7. The zero-order chi connectivity index (χ0) is 15.8. The molecular weight excluding hydrogens is 280 g/mol. The van der Waals surface area contributed by atoms with Crippen LogP contribution in [0.25, 0.3) is 6.08 Å². The summed E-state index contributed by atoms with van der Waals surface area (Å²) in [5.74, 6) is 0.973. The van der Waals surface area contributed by atoms with Gasteiger partial charge in [-0.05, 0) is 36.6 Å². The second-order valence-electron chi connectivity index (χ2n) is 5.18. The Hall–Kier alpha value is -2.48. The van der Waals surface area contributed by atoms with Crippen molar-refractivity contribution in [3.8, 4) is 17.6 Å². The fourth-order valence-electron chi connectivity index (χ4n) is 2.51. The van der Waals surface area contributed by atoms with E-state index in [9.17, 15) is 4.79 Å². The third-order valence-electron chi connectivity index (χ3n) is 3.61. The van der Waals surface area contributed by atoms with Gasteiger partial charge >= 0.3 is 0 Å². The average Bonchev–Trinajstić information content (AvgIpc) is 3.04. The van der Waals surface area contributed by atoms with E-state index < -0.39 is 0 Å². The van der Waals surface area contributed by atoms with Crippen LogP contribution >= 0.6 is 0 Å². The molecule has 0 unspecified atom stereocenters. The van der Waals surface area contributed by atoms with Crippen molar-refractivity contribution in [2.24, 2.45) is 0 Å². The van der Waals surface area contributed by atoms with E-state index in [0.29, 0.717) is 17.5 Å². The van der Waals surface area contributed by atoms with Gasteiger partial charge in [0.15, 0.2) is 18.1 Å². The lowest BCUT2D eigenvalue weighted by molar-refractivity contribution is -0.117. The maximum Gasteiger partial charge on any atom is 0.244 e. The van der Waals surface area contributed by atoms with E-state index in [2.05, 4.69) is 5.32 Å². The van der Waals surface area contributed by atoms with Crippen LogP contribution in [0, 0.1) is 11.3 Å². The van der Waals surface area contributed by atoms with Gasteiger partial charge in [0.05, 0.1) is 7.11 Å². The summed E-state index contributed by atoms with van der Waals surface area (Å²) in [6.07, 6.45) is 7.78. The first-order valence-electron chi connectivity index (χ1n) is 7.39. The zero-order valence-electron chi connectivity index (χ0n) is 12.7. The fraction of sp³-hybridized carbons (Fsp3) is 0.412. The largest absolute Gasteiger partial charge is 0.493 e. The average molecular weight is 300 g/mol. The van der Waals surface area contributed by atoms with Gasteiger partial charge in [-0.15, -0.1) is 0 Å². The van der Waals surface area contributed by atoms with Crippen molar-refractivity contribution in [2.45, 2.75) is 31.7 Å². The Bertz CT molecular complexity index is 584. The van der Waals surface area contributed by atoms with Crippen LogP contribution in [-0.2, 0) is 4.79 Å². The molecular formula is C17H20N2O3. The highest BCUT2D eigenvalue weighted by Gasteiger charge is 2.15. The van der Waals surface area contributed by atoms with E-state index in [1.807, 2.05) is 12.1 Å². The first-order chi connectivity index (χ1) is 10.7. The monoisotopic (exact) mass is 300 g/mol. The number of benzene rings is 1. The van der Waals surface area contributed by atoms with Gasteiger partial charge in [-0.2, -0.15) is 5.26 Å². The van der Waals surface area contributed by atoms with Gasteiger partial charge in [-0.3, -0.25) is 4.79 Å². The van der Waals surface area contributed by atoms with E-state index >= 15 is 0 Å². The molecule has 5 nitrogen and oxygen atoms in total. The molecule has 1 aliphatic carbocycles. The molecule has 1 aliphatic rings. The minimum atomic E-state index is -0.0735. The molecule has 2 rings (SSSR count). The Kier molecular flexibility index (Phi) is 5.84. The highest BCUT2D eigenvalue weighted by atomic mass is 16.5. The Labute approximate surface area is 130 Å². The number of ether oxygens (including phenoxy) is 2. The molecule has 0 saturated heterocycles. The first-order valence-corrected chi connectivity index (χ1v) is 7.39. The normalized spacial score (nSPS) is 14.7. The molecule has 0 bridgehead atoms. The van der Waals surface area contributed by atoms with E-state index in [4.69, 9.17) is 14.7 Å². The third-order valence-corrected chi connectivity index (χ3v) is 3.61. The van der Waals surface area contributed by atoms with Crippen LogP contribution < -0.4 is 14.8 Å². The van der Waals surface area contributed by atoms with Gasteiger partial charge in [-0.1, -0.05) is 18.9 Å². The van der Waals surface area contributed by atoms with Gasteiger partial charge < -0.3 is 14.8 Å². The number of hydrogen-bond acceptors (Lipinski definition) is 4. The maximum atomic E-state index is 11.8. The molecule has 1 fully saturated rings. The number of carbonyl (C=O) groups excluding carboxylic acids is 1. The van der Waals surface area contributed by atoms with Gasteiger partial charge in [-0.25, -0.2) is 0 Å². The fourth-order valence-corrected chi connectivity index (χ4v) is 2.51. The lowest BCUT2D eigenvalue weighted by Gasteiger charge is -2.10. The number of nitrogens with zero attached hydrogens (tertiary/aromatic N) is 1. The predicted molar refractivity (Wildman–Crippen MR) is 83.5 cm³/mol. The lowest BCUT2D eigenvalue weighted by Crippen LogP contribution is -2.30. The van der Waals surface area contributed by atoms with Crippen molar-refractivity contribution in [3.05, 3.63) is 29.8 Å². The Morgan fingerprint density at radius 3 is 2.86 bits per heavy atom. The summed E-state index contributed by atoms with van der Waals surface area (Å²) in [5.41, 5.74) is 0.836. The number of amides is 1. The summed E-state index contributed by atoms with van der Waals surface area (Å²) >= 11 is 0. The topological polar surface area (TPSA) is 71.3 Å². The highest BCUT2D eigenvalue weighted by Crippen LogP contribution is 2.28. The molecule has 0 aromatic heterocycles. The van der Waals surface area contributed by atoms with Crippen LogP contribution in [0.1, 0.15) is 31.2 Å². The first kappa shape index (κ1) is 15.9. The second kappa shape index (κ2) is 8.08. The molecule has 116 valence electrons. The molecule has 1 aromatic rings. The number of rotatable bonds is 6. The molecule has 1 aromatic carbocycles. The van der Waals surface area contributed by atoms with Gasteiger partial charge in [0.2, 0.25) is 5.91 Å². The number of hydrogen-bond donors (Lipinski definition) is 1. The quantitative estimate of drug-likeness (QED) is 0.820. The standard InChI is InChI=1S/C17H20N2O3/c1-21-16-12-13(6-8-15(16)22-11-10-18)7-9-17(20)19-14-4-2-3-5-14/h6-9,12,14H,2-5,11H2,1H3,(H,19,20)/b9-7+. The number of methoxy groups -OCH3 is 1. The smallest absolute Gasteiger partial charge is 0.244 e. The summed E-state index contributed by atoms with van der Waals surface area (Å²) in [7, 11) is 1.54. The van der Waals surface area contributed by atoms with Crippen molar-refractivity contribution in [1.82, 2.24) is 5.32 Å². The number of nitriles is 1. The Morgan fingerprint density at radius 1 is 1.41 bits per heavy atom. The maximum absolute atomic E-state index is 11.8. The van der Waals surface area contributed by atoms with Crippen LogP contribution in [0.2, 0.25) is 0 Å². The Morgan fingerprint density at radius 2 is 2.18 bits per heavy atom. The SMILES string of the molecule is COc1cc(/C=C/C(=O)NC2CCCC2)ccc1OCC#N. The number of nitrogens with one attached hydrogen (secondary N) is 1. The van der Waals surface area contributed by atoms with E-state index in [-0.39, 0.29) is 12.5 Å². The van der Waals surface area contributed by atoms with Crippen molar-refractivity contribution >= 4 is 12.0 Å². The molecule has 5 heteroatoms. The number of carbonyl (C=O) groups is 1. The van der Waals surface area contributed by atoms with Crippen LogP contribution in [0.3, 0.4) is 0 Å². The summed E-state index contributed by atoms with van der Waals surface area (Å²) in [4.78, 5) is 11.8. The minimum absolute atomic E-state index is 0.0324. The van der Waals surface area contributed by atoms with E-state index in [1.165, 1.54) is 26.0 Å². The van der Waals surface area contributed by atoms with E-state index in [0.717, 1.165) is 18.4 Å².